The van der Waals surface area contributed by atoms with Crippen LogP contribution in [0.5, 0.6) is 0 Å². The Morgan fingerprint density at radius 2 is 1.78 bits per heavy atom. The molecule has 1 N–H and O–H groups in total. The maximum Gasteiger partial charge on any atom is 0.220 e. The van der Waals surface area contributed by atoms with Gasteiger partial charge in [0.2, 0.25) is 5.91 Å². The number of rotatable bonds is 7. The van der Waals surface area contributed by atoms with Gasteiger partial charge in [-0.05, 0) is 43.9 Å². The fourth-order valence-electron chi connectivity index (χ4n) is 4.31. The lowest BCUT2D eigenvalue weighted by molar-refractivity contribution is -0.121. The standard InChI is InChI=1S/C22H32N2O2S/c1-17-5-6-19(15-18(17)2)20(25)7-8-21(26)23-16-22(9-3-4-10-22)24-11-13-27-14-12-24/h5-6,15H,3-4,7-14,16H2,1-2H3,(H,23,26). The summed E-state index contributed by atoms with van der Waals surface area (Å²) in [4.78, 5) is 27.4. The number of benzene rings is 1. The molecule has 27 heavy (non-hydrogen) atoms. The number of amides is 1. The highest BCUT2D eigenvalue weighted by atomic mass is 32.2. The van der Waals surface area contributed by atoms with E-state index in [1.165, 1.54) is 42.8 Å². The molecular formula is C22H32N2O2S. The molecule has 2 fully saturated rings. The van der Waals surface area contributed by atoms with Gasteiger partial charge >= 0.3 is 0 Å². The third-order valence-electron chi connectivity index (χ3n) is 6.24. The minimum absolute atomic E-state index is 0.00448. The molecule has 1 aromatic carbocycles. The Morgan fingerprint density at radius 1 is 1.07 bits per heavy atom. The van der Waals surface area contributed by atoms with Gasteiger partial charge in [0.25, 0.3) is 0 Å². The van der Waals surface area contributed by atoms with Crippen molar-refractivity contribution in [3.05, 3.63) is 34.9 Å². The lowest BCUT2D eigenvalue weighted by atomic mass is 9.94. The van der Waals surface area contributed by atoms with Gasteiger partial charge < -0.3 is 5.32 Å². The van der Waals surface area contributed by atoms with Crippen LogP contribution in [0.25, 0.3) is 0 Å². The summed E-state index contributed by atoms with van der Waals surface area (Å²) in [6, 6.07) is 5.77. The lowest BCUT2D eigenvalue weighted by Crippen LogP contribution is -2.56. The second kappa shape index (κ2) is 9.24. The molecule has 1 aliphatic carbocycles. The SMILES string of the molecule is Cc1ccc(C(=O)CCC(=O)NCC2(N3CCSCC3)CCCC2)cc1C. The molecule has 1 amide bonds. The molecule has 1 aromatic rings. The number of hydrogen-bond acceptors (Lipinski definition) is 4. The summed E-state index contributed by atoms with van der Waals surface area (Å²) in [5, 5.41) is 3.15. The van der Waals surface area contributed by atoms with Crippen molar-refractivity contribution in [3.63, 3.8) is 0 Å². The molecule has 0 unspecified atom stereocenters. The zero-order valence-corrected chi connectivity index (χ0v) is 17.5. The first-order chi connectivity index (χ1) is 13.0. The molecule has 1 saturated heterocycles. The van der Waals surface area contributed by atoms with Crippen LogP contribution in [0.1, 0.15) is 60.0 Å². The molecule has 5 heteroatoms. The number of nitrogens with zero attached hydrogens (tertiary/aromatic N) is 1. The topological polar surface area (TPSA) is 49.4 Å². The summed E-state index contributed by atoms with van der Waals surface area (Å²) in [7, 11) is 0. The quantitative estimate of drug-likeness (QED) is 0.723. The van der Waals surface area contributed by atoms with E-state index in [1.807, 2.05) is 43.8 Å². The molecule has 0 aromatic heterocycles. The molecule has 0 spiro atoms. The number of hydrogen-bond donors (Lipinski definition) is 1. The van der Waals surface area contributed by atoms with Crippen molar-refractivity contribution < 1.29 is 9.59 Å². The van der Waals surface area contributed by atoms with E-state index >= 15 is 0 Å². The molecule has 0 atom stereocenters. The van der Waals surface area contributed by atoms with Crippen molar-refractivity contribution in [2.75, 3.05) is 31.1 Å². The van der Waals surface area contributed by atoms with Gasteiger partial charge in [0.1, 0.15) is 0 Å². The van der Waals surface area contributed by atoms with Gasteiger partial charge in [-0.2, -0.15) is 11.8 Å². The second-order valence-electron chi connectivity index (χ2n) is 8.03. The predicted octanol–water partition coefficient (Wildman–Crippen LogP) is 3.74. The number of carbonyl (C=O) groups excluding carboxylic acids is 2. The first-order valence-corrected chi connectivity index (χ1v) is 11.4. The van der Waals surface area contributed by atoms with Crippen molar-refractivity contribution >= 4 is 23.5 Å². The molecule has 1 heterocycles. The smallest absolute Gasteiger partial charge is 0.220 e. The highest BCUT2D eigenvalue weighted by Gasteiger charge is 2.40. The van der Waals surface area contributed by atoms with E-state index in [1.54, 1.807) is 0 Å². The van der Waals surface area contributed by atoms with Crippen molar-refractivity contribution in [3.8, 4) is 0 Å². The third kappa shape index (κ3) is 5.14. The van der Waals surface area contributed by atoms with Gasteiger partial charge in [-0.25, -0.2) is 0 Å². The summed E-state index contributed by atoms with van der Waals surface area (Å²) >= 11 is 2.03. The Morgan fingerprint density at radius 3 is 2.44 bits per heavy atom. The van der Waals surface area contributed by atoms with E-state index in [0.717, 1.165) is 25.2 Å². The zero-order valence-electron chi connectivity index (χ0n) is 16.7. The minimum Gasteiger partial charge on any atom is -0.354 e. The molecule has 1 saturated carbocycles. The fraction of sp³-hybridized carbons (Fsp3) is 0.636. The number of nitrogens with one attached hydrogen (secondary N) is 1. The fourth-order valence-corrected chi connectivity index (χ4v) is 5.22. The first kappa shape index (κ1) is 20.4. The average molecular weight is 389 g/mol. The molecule has 3 rings (SSSR count). The van der Waals surface area contributed by atoms with E-state index in [0.29, 0.717) is 5.56 Å². The molecule has 2 aliphatic rings. The third-order valence-corrected chi connectivity index (χ3v) is 7.18. The molecular weight excluding hydrogens is 356 g/mol. The summed E-state index contributed by atoms with van der Waals surface area (Å²) in [5.41, 5.74) is 3.16. The summed E-state index contributed by atoms with van der Waals surface area (Å²) in [6.45, 7) is 7.04. The van der Waals surface area contributed by atoms with Gasteiger partial charge in [0.05, 0.1) is 0 Å². The number of Topliss-reactive ketones (excluding diaryl/α,β-unsaturated/α-hetero) is 1. The second-order valence-corrected chi connectivity index (χ2v) is 9.25. The first-order valence-electron chi connectivity index (χ1n) is 10.2. The highest BCUT2D eigenvalue weighted by Crippen LogP contribution is 2.36. The summed E-state index contributed by atoms with van der Waals surface area (Å²) in [6.07, 6.45) is 5.42. The Hall–Kier alpha value is -1.33. The van der Waals surface area contributed by atoms with Gasteiger partial charge in [-0.1, -0.05) is 25.0 Å². The van der Waals surface area contributed by atoms with Crippen molar-refractivity contribution in [2.24, 2.45) is 0 Å². The van der Waals surface area contributed by atoms with Crippen LogP contribution in [0.3, 0.4) is 0 Å². The van der Waals surface area contributed by atoms with E-state index in [2.05, 4.69) is 10.2 Å². The van der Waals surface area contributed by atoms with E-state index in [4.69, 9.17) is 0 Å². The molecule has 0 bridgehead atoms. The molecule has 0 radical (unpaired) electrons. The largest absolute Gasteiger partial charge is 0.354 e. The van der Waals surface area contributed by atoms with Crippen LogP contribution >= 0.6 is 11.8 Å². The summed E-state index contributed by atoms with van der Waals surface area (Å²) < 4.78 is 0. The number of aryl methyl sites for hydroxylation is 2. The normalized spacial score (nSPS) is 19.8. The molecule has 4 nitrogen and oxygen atoms in total. The van der Waals surface area contributed by atoms with E-state index in [9.17, 15) is 9.59 Å². The monoisotopic (exact) mass is 388 g/mol. The van der Waals surface area contributed by atoms with Gasteiger partial charge in [0, 0.05) is 55.1 Å². The Bertz CT molecular complexity index is 677. The van der Waals surface area contributed by atoms with Gasteiger partial charge in [0.15, 0.2) is 5.78 Å². The lowest BCUT2D eigenvalue weighted by Gasteiger charge is -2.43. The van der Waals surface area contributed by atoms with Gasteiger partial charge in [-0.15, -0.1) is 0 Å². The van der Waals surface area contributed by atoms with Crippen molar-refractivity contribution in [1.29, 1.82) is 0 Å². The number of thioether (sulfide) groups is 1. The minimum atomic E-state index is 0.00448. The summed E-state index contributed by atoms with van der Waals surface area (Å²) in [5.74, 6) is 2.45. The number of carbonyl (C=O) groups is 2. The predicted molar refractivity (Wildman–Crippen MR) is 113 cm³/mol. The van der Waals surface area contributed by atoms with Crippen LogP contribution in [0.4, 0.5) is 0 Å². The number of ketones is 1. The van der Waals surface area contributed by atoms with Crippen LogP contribution < -0.4 is 5.32 Å². The van der Waals surface area contributed by atoms with Crippen LogP contribution in [0, 0.1) is 13.8 Å². The van der Waals surface area contributed by atoms with Crippen LogP contribution in [-0.4, -0.2) is 53.3 Å². The zero-order chi connectivity index (χ0) is 19.3. The van der Waals surface area contributed by atoms with Gasteiger partial charge in [-0.3, -0.25) is 14.5 Å². The molecule has 148 valence electrons. The van der Waals surface area contributed by atoms with E-state index < -0.39 is 0 Å². The van der Waals surface area contributed by atoms with Crippen LogP contribution in [-0.2, 0) is 4.79 Å². The van der Waals surface area contributed by atoms with Crippen molar-refractivity contribution in [1.82, 2.24) is 10.2 Å². The van der Waals surface area contributed by atoms with Crippen LogP contribution in [0.2, 0.25) is 0 Å². The average Bonchev–Trinajstić information content (AvgIpc) is 3.17. The highest BCUT2D eigenvalue weighted by molar-refractivity contribution is 7.99. The molecule has 1 aliphatic heterocycles. The van der Waals surface area contributed by atoms with Crippen LogP contribution in [0.15, 0.2) is 18.2 Å². The maximum absolute atomic E-state index is 12.4. The maximum atomic E-state index is 12.4. The Labute approximate surface area is 167 Å². The Kier molecular flexibility index (Phi) is 6.99. The Balaban J connectivity index is 1.49. The van der Waals surface area contributed by atoms with E-state index in [-0.39, 0.29) is 30.1 Å². The van der Waals surface area contributed by atoms with Crippen molar-refractivity contribution in [2.45, 2.75) is 57.9 Å².